The highest BCUT2D eigenvalue weighted by molar-refractivity contribution is 7.89. The fourth-order valence-electron chi connectivity index (χ4n) is 2.85. The normalized spacial score (nSPS) is 19.5. The average Bonchev–Trinajstić information content (AvgIpc) is 2.56. The Hall–Kier alpha value is -1.47. The van der Waals surface area contributed by atoms with E-state index in [0.717, 1.165) is 0 Å². The smallest absolute Gasteiger partial charge is 0.227 e. The predicted octanol–water partition coefficient (Wildman–Crippen LogP) is 1.85. The predicted molar refractivity (Wildman–Crippen MR) is 86.6 cm³/mol. The molecule has 0 spiro atoms. The van der Waals surface area contributed by atoms with Crippen molar-refractivity contribution in [3.63, 3.8) is 0 Å². The van der Waals surface area contributed by atoms with Gasteiger partial charge < -0.3 is 4.90 Å². The number of carbonyl (C=O) groups excluding carboxylic acids is 1. The molecule has 1 saturated heterocycles. The highest BCUT2D eigenvalue weighted by atomic mass is 32.2. The molecule has 1 aromatic rings. The van der Waals surface area contributed by atoms with Crippen LogP contribution in [0.15, 0.2) is 24.3 Å². The van der Waals surface area contributed by atoms with Gasteiger partial charge in [0, 0.05) is 32.2 Å². The molecular formula is C16H23FN2O3S. The lowest BCUT2D eigenvalue weighted by molar-refractivity contribution is -0.135. The first kappa shape index (κ1) is 17.9. The third-order valence-electron chi connectivity index (χ3n) is 4.23. The molecule has 0 unspecified atom stereocenters. The molecule has 1 aliphatic rings. The second-order valence-corrected chi connectivity index (χ2v) is 8.14. The molecule has 0 aliphatic carbocycles. The molecule has 2 rings (SSSR count). The highest BCUT2D eigenvalue weighted by Gasteiger charge is 2.32. The van der Waals surface area contributed by atoms with Gasteiger partial charge in [-0.1, -0.05) is 18.2 Å². The largest absolute Gasteiger partial charge is 0.341 e. The number of hydrogen-bond acceptors (Lipinski definition) is 3. The molecule has 1 heterocycles. The van der Waals surface area contributed by atoms with Crippen molar-refractivity contribution in [2.75, 3.05) is 25.9 Å². The number of piperidine rings is 1. The number of halogens is 1. The minimum Gasteiger partial charge on any atom is -0.341 e. The molecule has 128 valence electrons. The van der Waals surface area contributed by atoms with E-state index in [-0.39, 0.29) is 36.5 Å². The zero-order valence-corrected chi connectivity index (χ0v) is 14.4. The molecule has 7 heteroatoms. The standard InChI is InChI=1S/C16H23FN2O3S/c1-3-23(21,22)19-10-6-8-14(12-19)16(20)18(2)11-13-7-4-5-9-15(13)17/h4-5,7,9,14H,3,6,8,10-12H2,1-2H3/t14-/m1/s1. The van der Waals surface area contributed by atoms with E-state index in [4.69, 9.17) is 0 Å². The van der Waals surface area contributed by atoms with Crippen LogP contribution in [0.2, 0.25) is 0 Å². The summed E-state index contributed by atoms with van der Waals surface area (Å²) in [6, 6.07) is 6.35. The van der Waals surface area contributed by atoms with Crippen LogP contribution in [0.3, 0.4) is 0 Å². The number of hydrogen-bond donors (Lipinski definition) is 0. The number of sulfonamides is 1. The Morgan fingerprint density at radius 1 is 1.39 bits per heavy atom. The Kier molecular flexibility index (Phi) is 5.75. The lowest BCUT2D eigenvalue weighted by atomic mass is 9.98. The molecular weight excluding hydrogens is 319 g/mol. The number of nitrogens with zero attached hydrogens (tertiary/aromatic N) is 2. The molecule has 1 fully saturated rings. The summed E-state index contributed by atoms with van der Waals surface area (Å²) >= 11 is 0. The van der Waals surface area contributed by atoms with Crippen molar-refractivity contribution in [1.82, 2.24) is 9.21 Å². The molecule has 0 saturated carbocycles. The molecule has 1 atom stereocenters. The highest BCUT2D eigenvalue weighted by Crippen LogP contribution is 2.22. The van der Waals surface area contributed by atoms with Crippen molar-refractivity contribution >= 4 is 15.9 Å². The van der Waals surface area contributed by atoms with Crippen LogP contribution in [0.1, 0.15) is 25.3 Å². The second-order valence-electron chi connectivity index (χ2n) is 5.88. The van der Waals surface area contributed by atoms with Crippen LogP contribution in [0.4, 0.5) is 4.39 Å². The number of carbonyl (C=O) groups is 1. The molecule has 1 amide bonds. The first-order chi connectivity index (χ1) is 10.8. The Labute approximate surface area is 137 Å². The fraction of sp³-hybridized carbons (Fsp3) is 0.562. The van der Waals surface area contributed by atoms with Crippen LogP contribution in [0.5, 0.6) is 0 Å². The number of rotatable bonds is 5. The molecule has 0 N–H and O–H groups in total. The van der Waals surface area contributed by atoms with Gasteiger partial charge in [0.2, 0.25) is 15.9 Å². The van der Waals surface area contributed by atoms with Crippen molar-refractivity contribution < 1.29 is 17.6 Å². The van der Waals surface area contributed by atoms with E-state index in [0.29, 0.717) is 24.9 Å². The van der Waals surface area contributed by atoms with Gasteiger partial charge in [0.25, 0.3) is 0 Å². The SMILES string of the molecule is CCS(=O)(=O)N1CCC[C@@H](C(=O)N(C)Cc2ccccc2F)C1. The van der Waals surface area contributed by atoms with Crippen LogP contribution < -0.4 is 0 Å². The summed E-state index contributed by atoms with van der Waals surface area (Å²) in [6.45, 7) is 2.47. The van der Waals surface area contributed by atoms with Crippen molar-refractivity contribution in [3.05, 3.63) is 35.6 Å². The summed E-state index contributed by atoms with van der Waals surface area (Å²) in [5.41, 5.74) is 0.456. The maximum atomic E-state index is 13.7. The Balaban J connectivity index is 2.03. The fourth-order valence-corrected chi connectivity index (χ4v) is 4.03. The quantitative estimate of drug-likeness (QED) is 0.820. The van der Waals surface area contributed by atoms with E-state index in [9.17, 15) is 17.6 Å². The van der Waals surface area contributed by atoms with Crippen molar-refractivity contribution in [2.24, 2.45) is 5.92 Å². The van der Waals surface area contributed by atoms with Gasteiger partial charge in [-0.05, 0) is 25.8 Å². The van der Waals surface area contributed by atoms with E-state index >= 15 is 0 Å². The van der Waals surface area contributed by atoms with Crippen LogP contribution in [-0.4, -0.2) is 49.4 Å². The first-order valence-corrected chi connectivity index (χ1v) is 9.42. The van der Waals surface area contributed by atoms with Crippen molar-refractivity contribution in [3.8, 4) is 0 Å². The van der Waals surface area contributed by atoms with E-state index in [1.807, 2.05) is 0 Å². The monoisotopic (exact) mass is 342 g/mol. The van der Waals surface area contributed by atoms with Crippen LogP contribution in [0, 0.1) is 11.7 Å². The second kappa shape index (κ2) is 7.40. The van der Waals surface area contributed by atoms with E-state index in [1.165, 1.54) is 15.3 Å². The number of amides is 1. The van der Waals surface area contributed by atoms with Gasteiger partial charge >= 0.3 is 0 Å². The Morgan fingerprint density at radius 3 is 2.74 bits per heavy atom. The molecule has 1 aliphatic heterocycles. The summed E-state index contributed by atoms with van der Waals surface area (Å²) in [5.74, 6) is -0.795. The summed E-state index contributed by atoms with van der Waals surface area (Å²) < 4.78 is 39.1. The molecule has 5 nitrogen and oxygen atoms in total. The maximum Gasteiger partial charge on any atom is 0.227 e. The van der Waals surface area contributed by atoms with Crippen molar-refractivity contribution in [1.29, 1.82) is 0 Å². The Morgan fingerprint density at radius 2 is 2.09 bits per heavy atom. The Bertz CT molecular complexity index is 663. The zero-order chi connectivity index (χ0) is 17.0. The van der Waals surface area contributed by atoms with Gasteiger partial charge in [0.15, 0.2) is 0 Å². The van der Waals surface area contributed by atoms with E-state index < -0.39 is 10.0 Å². The van der Waals surface area contributed by atoms with E-state index in [2.05, 4.69) is 0 Å². The number of benzene rings is 1. The van der Waals surface area contributed by atoms with Crippen LogP contribution in [-0.2, 0) is 21.4 Å². The van der Waals surface area contributed by atoms with Crippen LogP contribution >= 0.6 is 0 Å². The molecule has 1 aromatic carbocycles. The van der Waals surface area contributed by atoms with Gasteiger partial charge in [-0.3, -0.25) is 4.79 Å². The van der Waals surface area contributed by atoms with Crippen molar-refractivity contribution in [2.45, 2.75) is 26.3 Å². The summed E-state index contributed by atoms with van der Waals surface area (Å²) in [7, 11) is -1.65. The summed E-state index contributed by atoms with van der Waals surface area (Å²) in [4.78, 5) is 14.0. The van der Waals surface area contributed by atoms with E-state index in [1.54, 1.807) is 32.2 Å². The van der Waals surface area contributed by atoms with Gasteiger partial charge in [0.1, 0.15) is 5.82 Å². The van der Waals surface area contributed by atoms with Gasteiger partial charge in [-0.15, -0.1) is 0 Å². The lowest BCUT2D eigenvalue weighted by Gasteiger charge is -2.33. The van der Waals surface area contributed by atoms with Gasteiger partial charge in [-0.25, -0.2) is 17.1 Å². The van der Waals surface area contributed by atoms with Gasteiger partial charge in [0.05, 0.1) is 11.7 Å². The molecule has 23 heavy (non-hydrogen) atoms. The maximum absolute atomic E-state index is 13.7. The summed E-state index contributed by atoms with van der Waals surface area (Å²) in [6.07, 6.45) is 1.33. The molecule has 0 radical (unpaired) electrons. The van der Waals surface area contributed by atoms with Gasteiger partial charge in [-0.2, -0.15) is 0 Å². The minimum absolute atomic E-state index is 0.0407. The molecule has 0 aromatic heterocycles. The summed E-state index contributed by atoms with van der Waals surface area (Å²) in [5, 5.41) is 0. The minimum atomic E-state index is -3.28. The zero-order valence-electron chi connectivity index (χ0n) is 13.5. The third kappa shape index (κ3) is 4.29. The topological polar surface area (TPSA) is 57.7 Å². The first-order valence-electron chi connectivity index (χ1n) is 7.81. The molecule has 0 bridgehead atoms. The van der Waals surface area contributed by atoms with Crippen LogP contribution in [0.25, 0.3) is 0 Å². The third-order valence-corrected chi connectivity index (χ3v) is 6.08. The lowest BCUT2D eigenvalue weighted by Crippen LogP contribution is -2.46. The average molecular weight is 342 g/mol.